The summed E-state index contributed by atoms with van der Waals surface area (Å²) in [5.41, 5.74) is 0.905. The highest BCUT2D eigenvalue weighted by atomic mass is 16.5. The average molecular weight is 302 g/mol. The fourth-order valence-electron chi connectivity index (χ4n) is 1.98. The van der Waals surface area contributed by atoms with Gasteiger partial charge in [0.2, 0.25) is 0 Å². The van der Waals surface area contributed by atoms with E-state index in [0.29, 0.717) is 17.0 Å². The molecule has 0 aliphatic rings. The van der Waals surface area contributed by atoms with Crippen LogP contribution >= 0.6 is 0 Å². The van der Waals surface area contributed by atoms with Gasteiger partial charge in [-0.1, -0.05) is 12.1 Å². The number of aromatic nitrogens is 1. The van der Waals surface area contributed by atoms with E-state index in [1.54, 1.807) is 44.4 Å². The normalized spacial score (nSPS) is 11.8. The minimum absolute atomic E-state index is 0.0124. The van der Waals surface area contributed by atoms with Crippen molar-refractivity contribution in [3.63, 3.8) is 0 Å². The van der Waals surface area contributed by atoms with E-state index in [1.165, 1.54) is 6.07 Å². The lowest BCUT2D eigenvalue weighted by Gasteiger charge is -2.12. The first kappa shape index (κ1) is 15.8. The van der Waals surface area contributed by atoms with Crippen molar-refractivity contribution in [1.29, 1.82) is 0 Å². The van der Waals surface area contributed by atoms with Gasteiger partial charge in [-0.2, -0.15) is 0 Å². The zero-order chi connectivity index (χ0) is 16.1. The molecule has 0 aliphatic carbocycles. The van der Waals surface area contributed by atoms with Gasteiger partial charge >= 0.3 is 0 Å². The van der Waals surface area contributed by atoms with Crippen LogP contribution in [0, 0.1) is 6.92 Å². The predicted molar refractivity (Wildman–Crippen MR) is 82.1 cm³/mol. The molecule has 1 amide bonds. The van der Waals surface area contributed by atoms with Crippen molar-refractivity contribution in [3.05, 3.63) is 63.6 Å². The molecular formula is C16H18N2O4. The van der Waals surface area contributed by atoms with Gasteiger partial charge in [0.1, 0.15) is 11.3 Å². The molecule has 6 nitrogen and oxygen atoms in total. The second-order valence-electron chi connectivity index (χ2n) is 4.88. The number of aryl methyl sites for hydroxylation is 1. The summed E-state index contributed by atoms with van der Waals surface area (Å²) in [5, 5.41) is 12.6. The number of benzene rings is 1. The number of methoxy groups -OCH3 is 1. The van der Waals surface area contributed by atoms with Gasteiger partial charge in [0.05, 0.1) is 13.2 Å². The van der Waals surface area contributed by atoms with Gasteiger partial charge in [-0.15, -0.1) is 0 Å². The van der Waals surface area contributed by atoms with E-state index in [0.717, 1.165) is 0 Å². The molecule has 1 atom stereocenters. The van der Waals surface area contributed by atoms with Gasteiger partial charge in [-0.25, -0.2) is 0 Å². The zero-order valence-corrected chi connectivity index (χ0v) is 12.4. The summed E-state index contributed by atoms with van der Waals surface area (Å²) < 4.78 is 5.04. The Hall–Kier alpha value is -2.60. The summed E-state index contributed by atoms with van der Waals surface area (Å²) in [4.78, 5) is 26.2. The lowest BCUT2D eigenvalue weighted by molar-refractivity contribution is 0.0914. The Labute approximate surface area is 127 Å². The van der Waals surface area contributed by atoms with Crippen molar-refractivity contribution in [2.24, 2.45) is 0 Å². The first-order valence-corrected chi connectivity index (χ1v) is 6.81. The minimum Gasteiger partial charge on any atom is -0.497 e. The Bertz CT molecular complexity index is 707. The standard InChI is InChI=1S/C16H18N2O4/c1-10-3-8-13(16(21)18-10)15(20)17-9-14(19)11-4-6-12(22-2)7-5-11/h3-8,14,19H,9H2,1-2H3,(H,17,20)(H,18,21). The number of pyridine rings is 1. The van der Waals surface area contributed by atoms with Crippen molar-refractivity contribution in [2.75, 3.05) is 13.7 Å². The summed E-state index contributed by atoms with van der Waals surface area (Å²) >= 11 is 0. The van der Waals surface area contributed by atoms with Crippen LogP contribution in [0.3, 0.4) is 0 Å². The van der Waals surface area contributed by atoms with Crippen LogP contribution in [0.1, 0.15) is 27.7 Å². The molecule has 0 bridgehead atoms. The number of amides is 1. The highest BCUT2D eigenvalue weighted by molar-refractivity contribution is 5.93. The van der Waals surface area contributed by atoms with E-state index in [4.69, 9.17) is 4.74 Å². The van der Waals surface area contributed by atoms with Crippen molar-refractivity contribution in [3.8, 4) is 5.75 Å². The molecule has 0 saturated carbocycles. The van der Waals surface area contributed by atoms with Crippen LogP contribution in [0.25, 0.3) is 0 Å². The molecule has 1 aromatic carbocycles. The van der Waals surface area contributed by atoms with Gasteiger partial charge in [0.15, 0.2) is 0 Å². The van der Waals surface area contributed by atoms with Gasteiger partial charge < -0.3 is 20.1 Å². The number of carbonyl (C=O) groups is 1. The summed E-state index contributed by atoms with van der Waals surface area (Å²) in [6, 6.07) is 10.00. The van der Waals surface area contributed by atoms with E-state index >= 15 is 0 Å². The average Bonchev–Trinajstić information content (AvgIpc) is 2.52. The fourth-order valence-corrected chi connectivity index (χ4v) is 1.98. The van der Waals surface area contributed by atoms with Crippen molar-refractivity contribution in [1.82, 2.24) is 10.3 Å². The van der Waals surface area contributed by atoms with E-state index in [-0.39, 0.29) is 12.1 Å². The van der Waals surface area contributed by atoms with Crippen molar-refractivity contribution < 1.29 is 14.6 Å². The third-order valence-electron chi connectivity index (χ3n) is 3.26. The zero-order valence-electron chi connectivity index (χ0n) is 12.4. The number of hydrogen-bond acceptors (Lipinski definition) is 4. The minimum atomic E-state index is -0.862. The quantitative estimate of drug-likeness (QED) is 0.773. The topological polar surface area (TPSA) is 91.4 Å². The number of aromatic amines is 1. The molecule has 2 rings (SSSR count). The van der Waals surface area contributed by atoms with E-state index in [9.17, 15) is 14.7 Å². The second-order valence-corrected chi connectivity index (χ2v) is 4.88. The van der Waals surface area contributed by atoms with Gasteiger partial charge in [0, 0.05) is 12.2 Å². The van der Waals surface area contributed by atoms with Crippen molar-refractivity contribution in [2.45, 2.75) is 13.0 Å². The van der Waals surface area contributed by atoms with Crippen LogP contribution in [0.15, 0.2) is 41.2 Å². The number of H-pyrrole nitrogens is 1. The van der Waals surface area contributed by atoms with Crippen LogP contribution < -0.4 is 15.6 Å². The molecule has 2 aromatic rings. The molecule has 3 N–H and O–H groups in total. The monoisotopic (exact) mass is 302 g/mol. The van der Waals surface area contributed by atoms with Gasteiger partial charge in [-0.3, -0.25) is 9.59 Å². The highest BCUT2D eigenvalue weighted by Gasteiger charge is 2.13. The molecule has 116 valence electrons. The molecule has 0 spiro atoms. The molecule has 0 saturated heterocycles. The van der Waals surface area contributed by atoms with Gasteiger partial charge in [-0.05, 0) is 36.8 Å². The number of aliphatic hydroxyl groups excluding tert-OH is 1. The second kappa shape index (κ2) is 6.91. The number of rotatable bonds is 5. The molecule has 1 heterocycles. The maximum atomic E-state index is 12.0. The Morgan fingerprint density at radius 2 is 1.95 bits per heavy atom. The lowest BCUT2D eigenvalue weighted by atomic mass is 10.1. The Kier molecular flexibility index (Phi) is 4.95. The van der Waals surface area contributed by atoms with Crippen LogP contribution in [0.2, 0.25) is 0 Å². The molecule has 1 unspecified atom stereocenters. The fraction of sp³-hybridized carbons (Fsp3) is 0.250. The molecule has 6 heteroatoms. The third-order valence-corrected chi connectivity index (χ3v) is 3.26. The number of ether oxygens (including phenoxy) is 1. The molecule has 22 heavy (non-hydrogen) atoms. The maximum absolute atomic E-state index is 12.0. The van der Waals surface area contributed by atoms with E-state index < -0.39 is 17.6 Å². The van der Waals surface area contributed by atoms with Crippen LogP contribution in [-0.2, 0) is 0 Å². The Morgan fingerprint density at radius 3 is 2.55 bits per heavy atom. The first-order chi connectivity index (χ1) is 10.5. The summed E-state index contributed by atoms with van der Waals surface area (Å²) in [7, 11) is 1.56. The van der Waals surface area contributed by atoms with Gasteiger partial charge in [0.25, 0.3) is 11.5 Å². The van der Waals surface area contributed by atoms with E-state index in [2.05, 4.69) is 10.3 Å². The highest BCUT2D eigenvalue weighted by Crippen LogP contribution is 2.16. The Balaban J connectivity index is 1.99. The molecular weight excluding hydrogens is 284 g/mol. The number of carbonyl (C=O) groups excluding carboxylic acids is 1. The summed E-state index contributed by atoms with van der Waals surface area (Å²) in [6.45, 7) is 1.75. The predicted octanol–water partition coefficient (Wildman–Crippen LogP) is 1.16. The van der Waals surface area contributed by atoms with Crippen LogP contribution in [0.4, 0.5) is 0 Å². The number of aliphatic hydroxyl groups is 1. The largest absolute Gasteiger partial charge is 0.497 e. The molecule has 0 radical (unpaired) electrons. The van der Waals surface area contributed by atoms with Crippen LogP contribution in [0.5, 0.6) is 5.75 Å². The van der Waals surface area contributed by atoms with Crippen molar-refractivity contribution >= 4 is 5.91 Å². The molecule has 0 aliphatic heterocycles. The number of hydrogen-bond donors (Lipinski definition) is 3. The van der Waals surface area contributed by atoms with E-state index in [1.807, 2.05) is 0 Å². The Morgan fingerprint density at radius 1 is 1.27 bits per heavy atom. The SMILES string of the molecule is COc1ccc(C(O)CNC(=O)c2ccc(C)[nH]c2=O)cc1. The first-order valence-electron chi connectivity index (χ1n) is 6.81. The molecule has 1 aromatic heterocycles. The van der Waals surface area contributed by atoms with Crippen LogP contribution in [-0.4, -0.2) is 29.7 Å². The molecule has 0 fully saturated rings. The lowest BCUT2D eigenvalue weighted by Crippen LogP contribution is -2.32. The number of nitrogens with one attached hydrogen (secondary N) is 2. The smallest absolute Gasteiger partial charge is 0.260 e. The summed E-state index contributed by atoms with van der Waals surface area (Å²) in [6.07, 6.45) is -0.862. The third kappa shape index (κ3) is 3.73. The summed E-state index contributed by atoms with van der Waals surface area (Å²) in [5.74, 6) is 0.167. The maximum Gasteiger partial charge on any atom is 0.260 e.